The van der Waals surface area contributed by atoms with E-state index in [0.29, 0.717) is 18.9 Å². The molecule has 7 heteroatoms. The maximum Gasteiger partial charge on any atom is 0.356 e. The number of nitrogens with zero attached hydrogens (tertiary/aromatic N) is 4. The summed E-state index contributed by atoms with van der Waals surface area (Å²) >= 11 is 0. The molecule has 0 radical (unpaired) electrons. The van der Waals surface area contributed by atoms with Gasteiger partial charge in [0, 0.05) is 12.7 Å². The molecule has 0 bridgehead atoms. The minimum Gasteiger partial charge on any atom is -0.476 e. The molecule has 2 N–H and O–H groups in total. The monoisotopic (exact) mass is 247 g/mol. The Morgan fingerprint density at radius 2 is 2.28 bits per heavy atom. The lowest BCUT2D eigenvalue weighted by molar-refractivity contribution is 0.0689. The van der Waals surface area contributed by atoms with Crippen molar-refractivity contribution in [2.24, 2.45) is 0 Å². The molecule has 2 heterocycles. The van der Waals surface area contributed by atoms with Crippen LogP contribution in [-0.2, 0) is 6.54 Å². The van der Waals surface area contributed by atoms with Crippen LogP contribution in [0.25, 0.3) is 0 Å². The summed E-state index contributed by atoms with van der Waals surface area (Å²) in [6, 6.07) is 3.00. The first-order chi connectivity index (χ1) is 8.65. The Morgan fingerprint density at radius 3 is 2.83 bits per heavy atom. The lowest BCUT2D eigenvalue weighted by Gasteiger charge is -2.04. The third-order valence-electron chi connectivity index (χ3n) is 2.29. The van der Waals surface area contributed by atoms with Crippen molar-refractivity contribution in [1.82, 2.24) is 20.0 Å². The standard InChI is InChI=1S/C11H13N5O2/c1-8-6-13-16(7-8)5-4-12-10-3-2-9(11(17)18)14-15-10/h2-3,6-7H,4-5H2,1H3,(H,12,15)(H,17,18). The first kappa shape index (κ1) is 12.0. The van der Waals surface area contributed by atoms with Gasteiger partial charge < -0.3 is 10.4 Å². The number of aromatic carboxylic acids is 1. The SMILES string of the molecule is Cc1cnn(CCNc2ccc(C(=O)O)nn2)c1. The van der Waals surface area contributed by atoms with Crippen LogP contribution in [0, 0.1) is 6.92 Å². The first-order valence-electron chi connectivity index (χ1n) is 5.45. The van der Waals surface area contributed by atoms with Crippen LogP contribution in [0.2, 0.25) is 0 Å². The molecule has 0 aliphatic heterocycles. The van der Waals surface area contributed by atoms with E-state index in [1.807, 2.05) is 17.8 Å². The van der Waals surface area contributed by atoms with Crippen LogP contribution in [0.3, 0.4) is 0 Å². The van der Waals surface area contributed by atoms with Crippen LogP contribution in [0.1, 0.15) is 16.1 Å². The molecular weight excluding hydrogens is 234 g/mol. The molecule has 0 saturated heterocycles. The van der Waals surface area contributed by atoms with Gasteiger partial charge in [0.1, 0.15) is 5.82 Å². The molecule has 2 rings (SSSR count). The molecule has 0 saturated carbocycles. The largest absolute Gasteiger partial charge is 0.476 e. The first-order valence-corrected chi connectivity index (χ1v) is 5.45. The molecule has 2 aromatic rings. The van der Waals surface area contributed by atoms with Crippen molar-refractivity contribution in [3.63, 3.8) is 0 Å². The predicted octanol–water partition coefficient (Wildman–Crippen LogP) is 0.792. The number of carbonyl (C=O) groups is 1. The molecule has 18 heavy (non-hydrogen) atoms. The van der Waals surface area contributed by atoms with E-state index >= 15 is 0 Å². The summed E-state index contributed by atoms with van der Waals surface area (Å²) in [5, 5.41) is 23.2. The number of carboxylic acids is 1. The summed E-state index contributed by atoms with van der Waals surface area (Å²) < 4.78 is 1.82. The van der Waals surface area contributed by atoms with Gasteiger partial charge in [0.2, 0.25) is 0 Å². The van der Waals surface area contributed by atoms with Crippen LogP contribution in [0.5, 0.6) is 0 Å². The van der Waals surface area contributed by atoms with Crippen molar-refractivity contribution in [2.45, 2.75) is 13.5 Å². The fourth-order valence-corrected chi connectivity index (χ4v) is 1.43. The summed E-state index contributed by atoms with van der Waals surface area (Å²) in [4.78, 5) is 10.6. The van der Waals surface area contributed by atoms with Gasteiger partial charge in [-0.3, -0.25) is 4.68 Å². The molecule has 0 atom stereocenters. The van der Waals surface area contributed by atoms with Gasteiger partial charge in [-0.15, -0.1) is 10.2 Å². The zero-order valence-corrected chi connectivity index (χ0v) is 9.87. The van der Waals surface area contributed by atoms with Crippen molar-refractivity contribution < 1.29 is 9.90 Å². The maximum absolute atomic E-state index is 10.6. The minimum absolute atomic E-state index is 0.0664. The van der Waals surface area contributed by atoms with E-state index in [9.17, 15) is 4.79 Å². The second-order valence-corrected chi connectivity index (χ2v) is 3.82. The third kappa shape index (κ3) is 3.03. The second kappa shape index (κ2) is 5.26. The van der Waals surface area contributed by atoms with Gasteiger partial charge in [-0.1, -0.05) is 0 Å². The number of rotatable bonds is 5. The molecule has 0 aliphatic carbocycles. The quantitative estimate of drug-likeness (QED) is 0.811. The number of hydrogen-bond donors (Lipinski definition) is 2. The van der Waals surface area contributed by atoms with Crippen molar-refractivity contribution in [3.8, 4) is 0 Å². The van der Waals surface area contributed by atoms with E-state index in [2.05, 4.69) is 20.6 Å². The van der Waals surface area contributed by atoms with E-state index in [4.69, 9.17) is 5.11 Å². The molecule has 94 valence electrons. The van der Waals surface area contributed by atoms with Crippen molar-refractivity contribution in [3.05, 3.63) is 35.8 Å². The molecule has 7 nitrogen and oxygen atoms in total. The minimum atomic E-state index is -1.08. The Morgan fingerprint density at radius 1 is 1.44 bits per heavy atom. The second-order valence-electron chi connectivity index (χ2n) is 3.82. The van der Waals surface area contributed by atoms with Gasteiger partial charge in [0.15, 0.2) is 5.69 Å². The highest BCUT2D eigenvalue weighted by Gasteiger charge is 2.04. The normalized spacial score (nSPS) is 10.3. The summed E-state index contributed by atoms with van der Waals surface area (Å²) in [5.41, 5.74) is 1.05. The van der Waals surface area contributed by atoms with Crippen molar-refractivity contribution in [1.29, 1.82) is 0 Å². The van der Waals surface area contributed by atoms with Crippen LogP contribution in [0.4, 0.5) is 5.82 Å². The predicted molar refractivity (Wildman–Crippen MR) is 64.4 cm³/mol. The number of nitrogens with one attached hydrogen (secondary N) is 1. The van der Waals surface area contributed by atoms with Crippen molar-refractivity contribution in [2.75, 3.05) is 11.9 Å². The van der Waals surface area contributed by atoms with E-state index in [0.717, 1.165) is 5.56 Å². The van der Waals surface area contributed by atoms with Crippen molar-refractivity contribution >= 4 is 11.8 Å². The zero-order chi connectivity index (χ0) is 13.0. The average Bonchev–Trinajstić information content (AvgIpc) is 2.76. The summed E-state index contributed by atoms with van der Waals surface area (Å²) in [6.07, 6.45) is 3.74. The number of carboxylic acid groups (broad SMARTS) is 1. The van der Waals surface area contributed by atoms with Gasteiger partial charge >= 0.3 is 5.97 Å². The Hall–Kier alpha value is -2.44. The highest BCUT2D eigenvalue weighted by atomic mass is 16.4. The lowest BCUT2D eigenvalue weighted by Crippen LogP contribution is -2.12. The number of anilines is 1. The van der Waals surface area contributed by atoms with E-state index in [-0.39, 0.29) is 5.69 Å². The van der Waals surface area contributed by atoms with Gasteiger partial charge in [0.25, 0.3) is 0 Å². The Bertz CT molecular complexity index is 535. The smallest absolute Gasteiger partial charge is 0.356 e. The fraction of sp³-hybridized carbons (Fsp3) is 0.273. The van der Waals surface area contributed by atoms with Gasteiger partial charge in [-0.2, -0.15) is 5.10 Å². The molecule has 0 aliphatic rings. The fourth-order valence-electron chi connectivity index (χ4n) is 1.43. The summed E-state index contributed by atoms with van der Waals surface area (Å²) in [6.45, 7) is 3.32. The molecule has 0 amide bonds. The molecule has 0 unspecified atom stereocenters. The molecular formula is C11H13N5O2. The highest BCUT2D eigenvalue weighted by Crippen LogP contribution is 2.02. The van der Waals surface area contributed by atoms with E-state index < -0.39 is 5.97 Å². The maximum atomic E-state index is 10.6. The van der Waals surface area contributed by atoms with Crippen LogP contribution in [0.15, 0.2) is 24.5 Å². The number of aromatic nitrogens is 4. The molecule has 0 spiro atoms. The Labute approximate surface area is 103 Å². The van der Waals surface area contributed by atoms with Crippen LogP contribution >= 0.6 is 0 Å². The molecule has 0 fully saturated rings. The molecule has 0 aromatic carbocycles. The van der Waals surface area contributed by atoms with Crippen LogP contribution in [-0.4, -0.2) is 37.6 Å². The number of hydrogen-bond acceptors (Lipinski definition) is 5. The average molecular weight is 247 g/mol. The van der Waals surface area contributed by atoms with E-state index in [1.54, 1.807) is 12.3 Å². The van der Waals surface area contributed by atoms with Crippen LogP contribution < -0.4 is 5.32 Å². The Kier molecular flexibility index (Phi) is 3.52. The summed E-state index contributed by atoms with van der Waals surface area (Å²) in [5.74, 6) is -0.537. The topological polar surface area (TPSA) is 92.9 Å². The summed E-state index contributed by atoms with van der Waals surface area (Å²) in [7, 11) is 0. The highest BCUT2D eigenvalue weighted by molar-refractivity contribution is 5.85. The third-order valence-corrected chi connectivity index (χ3v) is 2.29. The molecule has 2 aromatic heterocycles. The van der Waals surface area contributed by atoms with E-state index in [1.165, 1.54) is 6.07 Å². The van der Waals surface area contributed by atoms with Gasteiger partial charge in [-0.25, -0.2) is 4.79 Å². The van der Waals surface area contributed by atoms with Gasteiger partial charge in [0.05, 0.1) is 12.7 Å². The van der Waals surface area contributed by atoms with Gasteiger partial charge in [-0.05, 0) is 24.6 Å². The zero-order valence-electron chi connectivity index (χ0n) is 9.87. The Balaban J connectivity index is 1.85. The number of aryl methyl sites for hydroxylation is 1. The lowest BCUT2D eigenvalue weighted by atomic mass is 10.4.